The van der Waals surface area contributed by atoms with E-state index in [1.807, 2.05) is 41.5 Å². The highest BCUT2D eigenvalue weighted by atomic mass is 16.3. The summed E-state index contributed by atoms with van der Waals surface area (Å²) in [7, 11) is 0. The van der Waals surface area contributed by atoms with Gasteiger partial charge in [0.05, 0.1) is 22.3 Å². The van der Waals surface area contributed by atoms with Crippen LogP contribution in [0.5, 0.6) is 46.0 Å². The Hall–Kier alpha value is -4.88. The summed E-state index contributed by atoms with van der Waals surface area (Å²) >= 11 is 0. The zero-order chi connectivity index (χ0) is 52.7. The minimum atomic E-state index is -0.728. The smallest absolute Gasteiger partial charge is 0.127 e. The average molecular weight is 969 g/mol. The topological polar surface area (TPSA) is 175 Å². The summed E-state index contributed by atoms with van der Waals surface area (Å²) in [5, 5.41) is 101. The van der Waals surface area contributed by atoms with Crippen molar-refractivity contribution in [2.24, 2.45) is 0 Å². The van der Waals surface area contributed by atoms with Crippen molar-refractivity contribution in [1.29, 1.82) is 0 Å². The van der Waals surface area contributed by atoms with E-state index in [1.54, 1.807) is 24.3 Å². The van der Waals surface area contributed by atoms with Gasteiger partial charge in [-0.1, -0.05) is 41.5 Å². The predicted octanol–water partition coefficient (Wildman–Crippen LogP) is 12.0. The molecule has 0 saturated heterocycles. The SMILES string of the molecule is CCN(CC)Cc1c(O)c2cc(c1O)[C@H](C)c1cc(c(O)c(CN(C(C)C)C(C)C)c1O)[C@@H](C)c1cc(c(O)c(CN(C(C)C)C(C)C)c1O)[C@@H](C)c1cc(c(O)c(CN(C(C)C)C(C)C)c1O)[C@@H]2C. The van der Waals surface area contributed by atoms with Crippen molar-refractivity contribution < 1.29 is 40.9 Å². The molecule has 8 N–H and O–H groups in total. The van der Waals surface area contributed by atoms with E-state index in [-0.39, 0.29) is 108 Å². The molecule has 0 unspecified atom stereocenters. The van der Waals surface area contributed by atoms with Gasteiger partial charge in [0, 0.05) is 131 Å². The van der Waals surface area contributed by atoms with Crippen LogP contribution in [-0.4, -0.2) is 110 Å². The zero-order valence-corrected chi connectivity index (χ0v) is 45.7. The van der Waals surface area contributed by atoms with Crippen LogP contribution in [0.25, 0.3) is 0 Å². The minimum absolute atomic E-state index is 0.0407. The van der Waals surface area contributed by atoms with Crippen LogP contribution in [0.4, 0.5) is 0 Å². The van der Waals surface area contributed by atoms with E-state index in [2.05, 4.69) is 103 Å². The largest absolute Gasteiger partial charge is 0.507 e. The number of hydrogen-bond donors (Lipinski definition) is 8. The fourth-order valence-corrected chi connectivity index (χ4v) is 11.1. The molecule has 388 valence electrons. The standard InChI is InChI=1S/C58H88N4O8/c1-19-59(20-2)25-47-51(63)39-21-40(52(47)64)36(16)42-23-44(56(68)49(54(42)66)27-61(31(7)8)32(9)10)38(18)46-24-45(57(69)50(58(46)70)28-62(33(11)12)34(13)14)37(17)43-22-41(35(39)15)53(65)48(55(43)67)26-60(29(3)4)30(5)6/h21-24,29-38,63-70H,19-20,25-28H2,1-18H3/t35-,36+,37+,38-. The number of aromatic hydroxyl groups is 8. The van der Waals surface area contributed by atoms with E-state index >= 15 is 0 Å². The number of phenols is 8. The Morgan fingerprint density at radius 1 is 0.314 bits per heavy atom. The molecular weight excluding hydrogens is 881 g/mol. The number of hydrogen-bond acceptors (Lipinski definition) is 12. The van der Waals surface area contributed by atoms with Crippen molar-refractivity contribution in [3.8, 4) is 46.0 Å². The molecule has 0 aromatic heterocycles. The second-order valence-corrected chi connectivity index (χ2v) is 21.9. The van der Waals surface area contributed by atoms with E-state index in [1.165, 1.54) is 0 Å². The van der Waals surface area contributed by atoms with Crippen LogP contribution in [0.2, 0.25) is 0 Å². The highest BCUT2D eigenvalue weighted by molar-refractivity contribution is 5.67. The highest BCUT2D eigenvalue weighted by Crippen LogP contribution is 2.54. The van der Waals surface area contributed by atoms with Crippen LogP contribution in [0.15, 0.2) is 24.3 Å². The van der Waals surface area contributed by atoms with Gasteiger partial charge < -0.3 is 40.9 Å². The van der Waals surface area contributed by atoms with Crippen molar-refractivity contribution in [2.75, 3.05) is 13.1 Å². The molecule has 12 heteroatoms. The van der Waals surface area contributed by atoms with Crippen LogP contribution < -0.4 is 0 Å². The summed E-state index contributed by atoms with van der Waals surface area (Å²) in [6.07, 6.45) is 0. The first-order chi connectivity index (χ1) is 32.6. The van der Waals surface area contributed by atoms with Gasteiger partial charge in [0.2, 0.25) is 0 Å². The van der Waals surface area contributed by atoms with Gasteiger partial charge in [-0.25, -0.2) is 0 Å². The van der Waals surface area contributed by atoms with Crippen LogP contribution in [0.3, 0.4) is 0 Å². The molecule has 1 aliphatic carbocycles. The van der Waals surface area contributed by atoms with Gasteiger partial charge in [-0.15, -0.1) is 0 Å². The van der Waals surface area contributed by atoms with Gasteiger partial charge in [0.1, 0.15) is 46.0 Å². The normalized spacial score (nSPS) is 17.7. The van der Waals surface area contributed by atoms with Gasteiger partial charge in [0.15, 0.2) is 0 Å². The fraction of sp³-hybridized carbons (Fsp3) is 0.586. The number of benzene rings is 4. The maximum Gasteiger partial charge on any atom is 0.127 e. The molecule has 0 heterocycles. The molecule has 0 spiro atoms. The Morgan fingerprint density at radius 3 is 0.614 bits per heavy atom. The van der Waals surface area contributed by atoms with Crippen molar-refractivity contribution in [3.63, 3.8) is 0 Å². The summed E-state index contributed by atoms with van der Waals surface area (Å²) in [4.78, 5) is 8.62. The highest BCUT2D eigenvalue weighted by Gasteiger charge is 2.36. The molecule has 70 heavy (non-hydrogen) atoms. The Labute approximate surface area is 419 Å². The fourth-order valence-electron chi connectivity index (χ4n) is 11.1. The Balaban J connectivity index is 2.06. The molecule has 0 amide bonds. The quantitative estimate of drug-likeness (QED) is 0.0534. The van der Waals surface area contributed by atoms with Gasteiger partial charge in [-0.3, -0.25) is 19.6 Å². The summed E-state index contributed by atoms with van der Waals surface area (Å²) < 4.78 is 0. The Morgan fingerprint density at radius 2 is 0.471 bits per heavy atom. The van der Waals surface area contributed by atoms with E-state index in [0.29, 0.717) is 79.9 Å². The van der Waals surface area contributed by atoms with E-state index < -0.39 is 23.7 Å². The zero-order valence-electron chi connectivity index (χ0n) is 45.7. The molecule has 4 atom stereocenters. The molecule has 0 radical (unpaired) electrons. The number of fused-ring (bicyclic) bond motifs is 8. The van der Waals surface area contributed by atoms with Crippen molar-refractivity contribution in [3.05, 3.63) is 91.0 Å². The number of rotatable bonds is 16. The maximum atomic E-state index is 12.6. The molecule has 0 saturated carbocycles. The van der Waals surface area contributed by atoms with Gasteiger partial charge >= 0.3 is 0 Å². The molecule has 4 aromatic carbocycles. The lowest BCUT2D eigenvalue weighted by Gasteiger charge is -2.34. The molecule has 12 nitrogen and oxygen atoms in total. The molecular formula is C58H88N4O8. The Bertz CT molecular complexity index is 2320. The van der Waals surface area contributed by atoms with Crippen molar-refractivity contribution in [2.45, 2.75) is 211 Å². The molecule has 8 bridgehead atoms. The molecule has 4 aromatic rings. The van der Waals surface area contributed by atoms with Gasteiger partial charge in [-0.2, -0.15) is 0 Å². The third-order valence-corrected chi connectivity index (χ3v) is 15.7. The summed E-state index contributed by atoms with van der Waals surface area (Å²) in [5.41, 5.74) is 4.66. The lowest BCUT2D eigenvalue weighted by atomic mass is 9.78. The molecule has 0 fully saturated rings. The Kier molecular flexibility index (Phi) is 17.8. The first-order valence-corrected chi connectivity index (χ1v) is 25.9. The third kappa shape index (κ3) is 10.7. The van der Waals surface area contributed by atoms with Crippen LogP contribution in [-0.2, 0) is 26.2 Å². The van der Waals surface area contributed by atoms with Crippen LogP contribution in [0.1, 0.15) is 215 Å². The maximum absolute atomic E-state index is 12.6. The second-order valence-electron chi connectivity index (χ2n) is 21.9. The molecule has 1 aliphatic rings. The predicted molar refractivity (Wildman–Crippen MR) is 283 cm³/mol. The first kappa shape index (κ1) is 56.0. The van der Waals surface area contributed by atoms with E-state index in [0.717, 1.165) is 0 Å². The van der Waals surface area contributed by atoms with Gasteiger partial charge in [0.25, 0.3) is 0 Å². The first-order valence-electron chi connectivity index (χ1n) is 25.9. The molecule has 0 aliphatic heterocycles. The van der Waals surface area contributed by atoms with E-state index in [9.17, 15) is 40.9 Å². The van der Waals surface area contributed by atoms with Crippen molar-refractivity contribution >= 4 is 0 Å². The number of phenolic OH excluding ortho intramolecular Hbond substituents is 8. The average Bonchev–Trinajstić information content (AvgIpc) is 3.27. The summed E-state index contributed by atoms with van der Waals surface area (Å²) in [6.45, 7) is 38.5. The van der Waals surface area contributed by atoms with E-state index in [4.69, 9.17) is 0 Å². The number of nitrogens with zero attached hydrogens (tertiary/aromatic N) is 4. The lowest BCUT2D eigenvalue weighted by Crippen LogP contribution is -2.36. The summed E-state index contributed by atoms with van der Waals surface area (Å²) in [6, 6.07) is 7.29. The van der Waals surface area contributed by atoms with Crippen LogP contribution in [0, 0.1) is 0 Å². The van der Waals surface area contributed by atoms with Crippen LogP contribution >= 0.6 is 0 Å². The lowest BCUT2D eigenvalue weighted by molar-refractivity contribution is 0.162. The third-order valence-electron chi connectivity index (χ3n) is 15.7. The van der Waals surface area contributed by atoms with Crippen molar-refractivity contribution in [1.82, 2.24) is 19.6 Å². The summed E-state index contributed by atoms with van der Waals surface area (Å²) in [5.74, 6) is -3.89. The monoisotopic (exact) mass is 969 g/mol. The second kappa shape index (κ2) is 22.3. The van der Waals surface area contributed by atoms with Gasteiger partial charge in [-0.05, 0) is 120 Å². The minimum Gasteiger partial charge on any atom is -0.507 e. The molecule has 5 rings (SSSR count).